The predicted molar refractivity (Wildman–Crippen MR) is 76.4 cm³/mol. The summed E-state index contributed by atoms with van der Waals surface area (Å²) >= 11 is 5.78. The third-order valence-corrected chi connectivity index (χ3v) is 3.52. The van der Waals surface area contributed by atoms with Gasteiger partial charge < -0.3 is 15.3 Å². The van der Waals surface area contributed by atoms with Gasteiger partial charge >= 0.3 is 0 Å². The van der Waals surface area contributed by atoms with E-state index in [4.69, 9.17) is 11.6 Å². The van der Waals surface area contributed by atoms with Gasteiger partial charge in [-0.3, -0.25) is 4.79 Å². The number of likely N-dealkylation sites (tertiary alicyclic amines) is 1. The second kappa shape index (κ2) is 6.89. The molecule has 0 bridgehead atoms. The number of nitrogens with one attached hydrogen (secondary N) is 1. The SMILES string of the molecule is O=C(CCN1CCCC(O)C1)Nc1ccc(Cl)cc1. The monoisotopic (exact) mass is 282 g/mol. The molecule has 1 aromatic rings. The molecule has 4 nitrogen and oxygen atoms in total. The lowest BCUT2D eigenvalue weighted by Gasteiger charge is -2.29. The van der Waals surface area contributed by atoms with E-state index in [1.165, 1.54) is 0 Å². The normalized spacial score (nSPS) is 20.2. The summed E-state index contributed by atoms with van der Waals surface area (Å²) in [7, 11) is 0. The van der Waals surface area contributed by atoms with Crippen LogP contribution in [0.1, 0.15) is 19.3 Å². The minimum absolute atomic E-state index is 0.0117. The zero-order valence-corrected chi connectivity index (χ0v) is 11.6. The lowest BCUT2D eigenvalue weighted by molar-refractivity contribution is -0.116. The first-order chi connectivity index (χ1) is 9.13. The fraction of sp³-hybridized carbons (Fsp3) is 0.500. The Morgan fingerprint density at radius 1 is 1.42 bits per heavy atom. The minimum atomic E-state index is -0.243. The molecule has 104 valence electrons. The number of aliphatic hydroxyl groups is 1. The van der Waals surface area contributed by atoms with Crippen molar-refractivity contribution in [1.82, 2.24) is 4.90 Å². The molecule has 1 fully saturated rings. The first kappa shape index (κ1) is 14.3. The van der Waals surface area contributed by atoms with Crippen LogP contribution in [-0.4, -0.2) is 41.7 Å². The highest BCUT2D eigenvalue weighted by molar-refractivity contribution is 6.30. The molecule has 1 aliphatic rings. The van der Waals surface area contributed by atoms with E-state index in [0.29, 0.717) is 24.5 Å². The van der Waals surface area contributed by atoms with Gasteiger partial charge in [0.25, 0.3) is 0 Å². The number of carbonyl (C=O) groups excluding carboxylic acids is 1. The topological polar surface area (TPSA) is 52.6 Å². The van der Waals surface area contributed by atoms with Gasteiger partial charge in [-0.2, -0.15) is 0 Å². The molecule has 2 rings (SSSR count). The summed E-state index contributed by atoms with van der Waals surface area (Å²) in [6.07, 6.45) is 2.07. The van der Waals surface area contributed by atoms with Crippen LogP contribution in [0.3, 0.4) is 0 Å². The van der Waals surface area contributed by atoms with E-state index in [1.54, 1.807) is 24.3 Å². The summed E-state index contributed by atoms with van der Waals surface area (Å²) < 4.78 is 0. The van der Waals surface area contributed by atoms with Gasteiger partial charge in [-0.25, -0.2) is 0 Å². The highest BCUT2D eigenvalue weighted by atomic mass is 35.5. The number of piperidine rings is 1. The molecule has 1 atom stereocenters. The Hall–Kier alpha value is -1.10. The maximum atomic E-state index is 11.8. The molecule has 1 heterocycles. The van der Waals surface area contributed by atoms with E-state index in [-0.39, 0.29) is 12.0 Å². The van der Waals surface area contributed by atoms with Crippen LogP contribution in [0.2, 0.25) is 5.02 Å². The average molecular weight is 283 g/mol. The van der Waals surface area contributed by atoms with E-state index in [2.05, 4.69) is 10.2 Å². The van der Waals surface area contributed by atoms with Crippen molar-refractivity contribution in [3.05, 3.63) is 29.3 Å². The van der Waals surface area contributed by atoms with E-state index in [9.17, 15) is 9.90 Å². The third-order valence-electron chi connectivity index (χ3n) is 3.26. The van der Waals surface area contributed by atoms with Gasteiger partial charge in [-0.15, -0.1) is 0 Å². The lowest BCUT2D eigenvalue weighted by atomic mass is 10.1. The van der Waals surface area contributed by atoms with Crippen molar-refractivity contribution >= 4 is 23.2 Å². The molecule has 0 aromatic heterocycles. The molecule has 0 radical (unpaired) electrons. The van der Waals surface area contributed by atoms with Gasteiger partial charge in [0.2, 0.25) is 5.91 Å². The summed E-state index contributed by atoms with van der Waals surface area (Å²) in [4.78, 5) is 13.9. The number of benzene rings is 1. The zero-order chi connectivity index (χ0) is 13.7. The standard InChI is InChI=1S/C14H19ClN2O2/c15-11-3-5-12(6-4-11)16-14(19)7-9-17-8-1-2-13(18)10-17/h3-6,13,18H,1-2,7-10H2,(H,16,19). The van der Waals surface area contributed by atoms with Crippen molar-refractivity contribution in [2.24, 2.45) is 0 Å². The third kappa shape index (κ3) is 4.82. The van der Waals surface area contributed by atoms with Crippen molar-refractivity contribution in [1.29, 1.82) is 0 Å². The summed E-state index contributed by atoms with van der Waals surface area (Å²) in [6, 6.07) is 7.06. The first-order valence-electron chi connectivity index (χ1n) is 6.59. The number of hydrogen-bond donors (Lipinski definition) is 2. The largest absolute Gasteiger partial charge is 0.392 e. The van der Waals surface area contributed by atoms with Crippen LogP contribution in [0.25, 0.3) is 0 Å². The number of rotatable bonds is 4. The Bertz CT molecular complexity index is 422. The van der Waals surface area contributed by atoms with Crippen LogP contribution in [0.5, 0.6) is 0 Å². The average Bonchev–Trinajstić information content (AvgIpc) is 2.39. The van der Waals surface area contributed by atoms with Crippen LogP contribution in [-0.2, 0) is 4.79 Å². The van der Waals surface area contributed by atoms with Crippen LogP contribution in [0, 0.1) is 0 Å². The second-order valence-corrected chi connectivity index (χ2v) is 5.34. The van der Waals surface area contributed by atoms with Gasteiger partial charge in [0, 0.05) is 30.2 Å². The molecular formula is C14H19ClN2O2. The molecule has 1 saturated heterocycles. The molecular weight excluding hydrogens is 264 g/mol. The number of anilines is 1. The maximum absolute atomic E-state index is 11.8. The summed E-state index contributed by atoms with van der Waals surface area (Å²) in [5, 5.41) is 13.0. The van der Waals surface area contributed by atoms with E-state index in [1.807, 2.05) is 0 Å². The number of nitrogens with zero attached hydrogens (tertiary/aromatic N) is 1. The first-order valence-corrected chi connectivity index (χ1v) is 6.97. The molecule has 0 aliphatic carbocycles. The number of β-amino-alcohol motifs (C(OH)–C–C–N with tert-alkyl or cyclic N) is 1. The molecule has 2 N–H and O–H groups in total. The van der Waals surface area contributed by atoms with Crippen LogP contribution in [0.4, 0.5) is 5.69 Å². The van der Waals surface area contributed by atoms with Crippen LogP contribution in [0.15, 0.2) is 24.3 Å². The van der Waals surface area contributed by atoms with Gasteiger partial charge in [-0.05, 0) is 43.7 Å². The molecule has 1 aromatic carbocycles. The van der Waals surface area contributed by atoms with Crippen molar-refractivity contribution in [3.63, 3.8) is 0 Å². The Labute approximate surface area is 118 Å². The Kier molecular flexibility index (Phi) is 5.19. The second-order valence-electron chi connectivity index (χ2n) is 4.90. The number of carbonyl (C=O) groups is 1. The minimum Gasteiger partial charge on any atom is -0.392 e. The van der Waals surface area contributed by atoms with Crippen molar-refractivity contribution in [2.75, 3.05) is 25.0 Å². The molecule has 1 amide bonds. The quantitative estimate of drug-likeness (QED) is 0.889. The Balaban J connectivity index is 1.73. The summed E-state index contributed by atoms with van der Waals surface area (Å²) in [5.74, 6) is -0.0117. The number of halogens is 1. The maximum Gasteiger partial charge on any atom is 0.225 e. The van der Waals surface area contributed by atoms with Gasteiger partial charge in [0.1, 0.15) is 0 Å². The van der Waals surface area contributed by atoms with Gasteiger partial charge in [0.05, 0.1) is 6.10 Å². The number of aliphatic hydroxyl groups excluding tert-OH is 1. The Morgan fingerprint density at radius 3 is 2.84 bits per heavy atom. The van der Waals surface area contributed by atoms with Crippen molar-refractivity contribution < 1.29 is 9.90 Å². The number of hydrogen-bond acceptors (Lipinski definition) is 3. The van der Waals surface area contributed by atoms with E-state index < -0.39 is 0 Å². The molecule has 5 heteroatoms. The fourth-order valence-electron chi connectivity index (χ4n) is 2.25. The summed E-state index contributed by atoms with van der Waals surface area (Å²) in [5.41, 5.74) is 0.757. The zero-order valence-electron chi connectivity index (χ0n) is 10.8. The van der Waals surface area contributed by atoms with Crippen LogP contribution >= 0.6 is 11.6 Å². The van der Waals surface area contributed by atoms with Crippen LogP contribution < -0.4 is 5.32 Å². The lowest BCUT2D eigenvalue weighted by Crippen LogP contribution is -2.39. The molecule has 1 aliphatic heterocycles. The van der Waals surface area contributed by atoms with Gasteiger partial charge in [-0.1, -0.05) is 11.6 Å². The molecule has 19 heavy (non-hydrogen) atoms. The highest BCUT2D eigenvalue weighted by Crippen LogP contribution is 2.14. The molecule has 0 saturated carbocycles. The highest BCUT2D eigenvalue weighted by Gasteiger charge is 2.17. The predicted octanol–water partition coefficient (Wildman–Crippen LogP) is 2.13. The summed E-state index contributed by atoms with van der Waals surface area (Å²) in [6.45, 7) is 2.33. The Morgan fingerprint density at radius 2 is 2.16 bits per heavy atom. The molecule has 1 unspecified atom stereocenters. The smallest absolute Gasteiger partial charge is 0.225 e. The van der Waals surface area contributed by atoms with E-state index in [0.717, 1.165) is 25.1 Å². The fourth-order valence-corrected chi connectivity index (χ4v) is 2.38. The molecule has 0 spiro atoms. The number of amides is 1. The van der Waals surface area contributed by atoms with Crippen molar-refractivity contribution in [2.45, 2.75) is 25.4 Å². The van der Waals surface area contributed by atoms with Crippen molar-refractivity contribution in [3.8, 4) is 0 Å². The van der Waals surface area contributed by atoms with E-state index >= 15 is 0 Å². The van der Waals surface area contributed by atoms with Gasteiger partial charge in [0.15, 0.2) is 0 Å².